The largest absolute Gasteiger partial charge is 0.368 e. The molecule has 0 aromatic carbocycles. The summed E-state index contributed by atoms with van der Waals surface area (Å²) in [5, 5.41) is 8.30. The van der Waals surface area contributed by atoms with Crippen molar-refractivity contribution in [2.45, 2.75) is 12.5 Å². The second kappa shape index (κ2) is 4.76. The predicted molar refractivity (Wildman–Crippen MR) is 66.2 cm³/mol. The topological polar surface area (TPSA) is 29.0 Å². The highest BCUT2D eigenvalue weighted by Crippen LogP contribution is 2.30. The third-order valence-electron chi connectivity index (χ3n) is 2.53. The van der Waals surface area contributed by atoms with E-state index in [-0.39, 0.29) is 0 Å². The molecule has 82 valence electrons. The Morgan fingerprint density at radius 1 is 1.47 bits per heavy atom. The summed E-state index contributed by atoms with van der Waals surface area (Å²) in [6.07, 6.45) is 1.18. The first-order chi connectivity index (χ1) is 7.18. The number of anilines is 1. The molecule has 2 rings (SSSR count). The molecule has 1 aliphatic heterocycles. The Morgan fingerprint density at radius 2 is 2.27 bits per heavy atom. The molecular formula is C9H11Cl2N3S. The number of nitrogens with zero attached hydrogens (tertiary/aromatic N) is 3. The van der Waals surface area contributed by atoms with Crippen molar-refractivity contribution in [1.29, 1.82) is 0 Å². The first-order valence-electron chi connectivity index (χ1n) is 4.68. The summed E-state index contributed by atoms with van der Waals surface area (Å²) >= 11 is 13.8. The van der Waals surface area contributed by atoms with Crippen molar-refractivity contribution >= 4 is 40.7 Å². The van der Waals surface area contributed by atoms with E-state index in [9.17, 15) is 0 Å². The monoisotopic (exact) mass is 263 g/mol. The van der Waals surface area contributed by atoms with Gasteiger partial charge in [-0.2, -0.15) is 11.8 Å². The third-order valence-corrected chi connectivity index (χ3v) is 4.13. The molecule has 1 aromatic heterocycles. The number of halogens is 2. The number of hydrogen-bond acceptors (Lipinski definition) is 4. The van der Waals surface area contributed by atoms with Gasteiger partial charge in [0.15, 0.2) is 10.3 Å². The SMILES string of the molecule is CN(c1cc(Cl)nnc1Cl)C1CCSC1. The minimum Gasteiger partial charge on any atom is -0.368 e. The maximum atomic E-state index is 5.99. The van der Waals surface area contributed by atoms with Gasteiger partial charge in [0, 0.05) is 24.9 Å². The zero-order valence-corrected chi connectivity index (χ0v) is 10.6. The van der Waals surface area contributed by atoms with Crippen LogP contribution >= 0.6 is 35.0 Å². The Morgan fingerprint density at radius 3 is 2.93 bits per heavy atom. The Kier molecular flexibility index (Phi) is 3.59. The molecular weight excluding hydrogens is 253 g/mol. The molecule has 1 aliphatic rings. The molecule has 3 nitrogen and oxygen atoms in total. The van der Waals surface area contributed by atoms with Gasteiger partial charge in [-0.3, -0.25) is 0 Å². The van der Waals surface area contributed by atoms with Gasteiger partial charge in [0.2, 0.25) is 0 Å². The molecule has 1 fully saturated rings. The van der Waals surface area contributed by atoms with E-state index in [1.807, 2.05) is 18.8 Å². The Bertz CT molecular complexity index is 355. The lowest BCUT2D eigenvalue weighted by atomic mass is 10.2. The van der Waals surface area contributed by atoms with Crippen LogP contribution in [-0.4, -0.2) is 34.8 Å². The third kappa shape index (κ3) is 2.49. The summed E-state index contributed by atoms with van der Waals surface area (Å²) in [5.74, 6) is 2.34. The molecule has 1 aromatic rings. The average Bonchev–Trinajstić information content (AvgIpc) is 2.74. The highest BCUT2D eigenvalue weighted by Gasteiger charge is 2.22. The van der Waals surface area contributed by atoms with Crippen LogP contribution in [0.5, 0.6) is 0 Å². The van der Waals surface area contributed by atoms with Crippen LogP contribution in [0.1, 0.15) is 6.42 Å². The van der Waals surface area contributed by atoms with Gasteiger partial charge >= 0.3 is 0 Å². The van der Waals surface area contributed by atoms with E-state index in [1.165, 1.54) is 12.2 Å². The molecule has 0 N–H and O–H groups in total. The summed E-state index contributed by atoms with van der Waals surface area (Å²) < 4.78 is 0. The van der Waals surface area contributed by atoms with Gasteiger partial charge in [0.05, 0.1) is 5.69 Å². The van der Waals surface area contributed by atoms with Crippen LogP contribution in [0.15, 0.2) is 6.07 Å². The van der Waals surface area contributed by atoms with Crippen LogP contribution in [0.2, 0.25) is 10.3 Å². The van der Waals surface area contributed by atoms with Crippen molar-refractivity contribution in [3.8, 4) is 0 Å². The van der Waals surface area contributed by atoms with Gasteiger partial charge in [-0.25, -0.2) is 0 Å². The fourth-order valence-electron chi connectivity index (χ4n) is 1.62. The average molecular weight is 264 g/mol. The normalized spacial score (nSPS) is 20.6. The molecule has 6 heteroatoms. The van der Waals surface area contributed by atoms with Crippen molar-refractivity contribution in [2.75, 3.05) is 23.5 Å². The number of aromatic nitrogens is 2. The lowest BCUT2D eigenvalue weighted by Gasteiger charge is -2.26. The van der Waals surface area contributed by atoms with E-state index >= 15 is 0 Å². The molecule has 0 saturated carbocycles. The van der Waals surface area contributed by atoms with Gasteiger partial charge in [-0.05, 0) is 12.2 Å². The highest BCUT2D eigenvalue weighted by atomic mass is 35.5. The second-order valence-electron chi connectivity index (χ2n) is 3.47. The van der Waals surface area contributed by atoms with Crippen molar-refractivity contribution in [3.63, 3.8) is 0 Å². The standard InChI is InChI=1S/C9H11Cl2N3S/c1-14(6-2-3-15-5-6)7-4-8(10)12-13-9(7)11/h4,6H,2-3,5H2,1H3. The highest BCUT2D eigenvalue weighted by molar-refractivity contribution is 7.99. The molecule has 0 radical (unpaired) electrons. The van der Waals surface area contributed by atoms with Gasteiger partial charge in [-0.1, -0.05) is 23.2 Å². The molecule has 0 amide bonds. The summed E-state index contributed by atoms with van der Waals surface area (Å²) in [6, 6.07) is 2.28. The van der Waals surface area contributed by atoms with E-state index in [0.29, 0.717) is 16.3 Å². The Balaban J connectivity index is 2.23. The maximum Gasteiger partial charge on any atom is 0.175 e. The molecule has 0 bridgehead atoms. The minimum absolute atomic E-state index is 0.381. The maximum absolute atomic E-state index is 5.99. The minimum atomic E-state index is 0.381. The molecule has 0 spiro atoms. The summed E-state index contributed by atoms with van der Waals surface area (Å²) in [7, 11) is 2.02. The van der Waals surface area contributed by atoms with Gasteiger partial charge in [-0.15, -0.1) is 10.2 Å². The first kappa shape index (κ1) is 11.3. The predicted octanol–water partition coefficient (Wildman–Crippen LogP) is 2.73. The van der Waals surface area contributed by atoms with E-state index in [4.69, 9.17) is 23.2 Å². The molecule has 1 atom stereocenters. The van der Waals surface area contributed by atoms with E-state index in [0.717, 1.165) is 11.4 Å². The van der Waals surface area contributed by atoms with Crippen LogP contribution in [0.4, 0.5) is 5.69 Å². The van der Waals surface area contributed by atoms with Crippen LogP contribution in [0.3, 0.4) is 0 Å². The van der Waals surface area contributed by atoms with Gasteiger partial charge < -0.3 is 4.90 Å². The second-order valence-corrected chi connectivity index (χ2v) is 5.37. The molecule has 1 saturated heterocycles. The fraction of sp³-hybridized carbons (Fsp3) is 0.556. The zero-order chi connectivity index (χ0) is 10.8. The van der Waals surface area contributed by atoms with Crippen molar-refractivity contribution in [3.05, 3.63) is 16.4 Å². The summed E-state index contributed by atoms with van der Waals surface area (Å²) in [6.45, 7) is 0. The lowest BCUT2D eigenvalue weighted by molar-refractivity contribution is 0.697. The molecule has 15 heavy (non-hydrogen) atoms. The summed E-state index contributed by atoms with van der Waals surface area (Å²) in [4.78, 5) is 2.14. The van der Waals surface area contributed by atoms with Crippen LogP contribution in [-0.2, 0) is 0 Å². The molecule has 0 aliphatic carbocycles. The summed E-state index contributed by atoms with van der Waals surface area (Å²) in [5.41, 5.74) is 0.865. The zero-order valence-electron chi connectivity index (χ0n) is 8.28. The van der Waals surface area contributed by atoms with Gasteiger partial charge in [0.1, 0.15) is 0 Å². The Labute approximate surface area is 103 Å². The smallest absolute Gasteiger partial charge is 0.175 e. The van der Waals surface area contributed by atoms with Crippen LogP contribution in [0.25, 0.3) is 0 Å². The van der Waals surface area contributed by atoms with Crippen LogP contribution in [0, 0.1) is 0 Å². The van der Waals surface area contributed by atoms with Crippen molar-refractivity contribution < 1.29 is 0 Å². The van der Waals surface area contributed by atoms with E-state index in [1.54, 1.807) is 6.07 Å². The Hall–Kier alpha value is -0.190. The quantitative estimate of drug-likeness (QED) is 0.821. The van der Waals surface area contributed by atoms with Crippen molar-refractivity contribution in [1.82, 2.24) is 10.2 Å². The first-order valence-corrected chi connectivity index (χ1v) is 6.59. The number of thioether (sulfide) groups is 1. The van der Waals surface area contributed by atoms with E-state index < -0.39 is 0 Å². The fourth-order valence-corrected chi connectivity index (χ4v) is 3.25. The van der Waals surface area contributed by atoms with Crippen LogP contribution < -0.4 is 4.90 Å². The molecule has 1 unspecified atom stereocenters. The number of hydrogen-bond donors (Lipinski definition) is 0. The lowest BCUT2D eigenvalue weighted by Crippen LogP contribution is -2.31. The van der Waals surface area contributed by atoms with E-state index in [2.05, 4.69) is 15.1 Å². The molecule has 2 heterocycles. The number of rotatable bonds is 2. The van der Waals surface area contributed by atoms with Gasteiger partial charge in [0.25, 0.3) is 0 Å². The van der Waals surface area contributed by atoms with Crippen molar-refractivity contribution in [2.24, 2.45) is 0 Å².